The van der Waals surface area contributed by atoms with Crippen LogP contribution in [-0.2, 0) is 16.1 Å². The molecule has 0 fully saturated rings. The van der Waals surface area contributed by atoms with Gasteiger partial charge in [0.15, 0.2) is 0 Å². The van der Waals surface area contributed by atoms with E-state index in [9.17, 15) is 19.5 Å². The maximum absolute atomic E-state index is 12.9. The molecule has 2 aromatic carbocycles. The van der Waals surface area contributed by atoms with E-state index in [0.717, 1.165) is 22.3 Å². The Labute approximate surface area is 180 Å². The van der Waals surface area contributed by atoms with Crippen LogP contribution in [0.1, 0.15) is 29.7 Å². The average Bonchev–Trinajstić information content (AvgIpc) is 2.90. The standard InChI is InChI=1S/C22H23BN4O4/c1-12(28)24-9-19(30)27-10-14-4-2-3-5-15(14)21-16(11-27)20(25-22(31)26-21)13-6-7-18(29)17(23)8-13/h2-8,20,29H,9-11,23H2,1H3,(H,24,28)(H2,25,26,31). The van der Waals surface area contributed by atoms with Crippen molar-refractivity contribution in [1.82, 2.24) is 20.9 Å². The number of nitrogens with zero attached hydrogens (tertiary/aromatic N) is 1. The largest absolute Gasteiger partial charge is 0.509 e. The minimum absolute atomic E-state index is 0.0944. The van der Waals surface area contributed by atoms with Crippen molar-refractivity contribution >= 4 is 36.9 Å². The fraction of sp³-hybridized carbons (Fsp3) is 0.227. The molecule has 1 unspecified atom stereocenters. The van der Waals surface area contributed by atoms with Crippen molar-refractivity contribution in [3.8, 4) is 5.75 Å². The Morgan fingerprint density at radius 3 is 2.74 bits per heavy atom. The highest BCUT2D eigenvalue weighted by Gasteiger charge is 2.34. The molecule has 0 saturated carbocycles. The molecule has 4 rings (SSSR count). The van der Waals surface area contributed by atoms with Crippen molar-refractivity contribution in [2.24, 2.45) is 0 Å². The number of aromatic hydroxyl groups is 1. The van der Waals surface area contributed by atoms with Crippen LogP contribution in [0.3, 0.4) is 0 Å². The number of fused-ring (bicyclic) bond motifs is 2. The van der Waals surface area contributed by atoms with E-state index in [0.29, 0.717) is 17.7 Å². The summed E-state index contributed by atoms with van der Waals surface area (Å²) in [6, 6.07) is 12.0. The van der Waals surface area contributed by atoms with Gasteiger partial charge < -0.3 is 26.0 Å². The molecule has 2 heterocycles. The molecule has 9 heteroatoms. The van der Waals surface area contributed by atoms with E-state index in [4.69, 9.17) is 0 Å². The van der Waals surface area contributed by atoms with Gasteiger partial charge in [-0.15, -0.1) is 0 Å². The van der Waals surface area contributed by atoms with Crippen LogP contribution >= 0.6 is 0 Å². The van der Waals surface area contributed by atoms with Crippen molar-refractivity contribution in [2.75, 3.05) is 13.1 Å². The topological polar surface area (TPSA) is 111 Å². The molecule has 1 atom stereocenters. The molecule has 31 heavy (non-hydrogen) atoms. The van der Waals surface area contributed by atoms with Gasteiger partial charge in [0.1, 0.15) is 13.6 Å². The lowest BCUT2D eigenvalue weighted by Crippen LogP contribution is -2.46. The van der Waals surface area contributed by atoms with E-state index in [1.165, 1.54) is 6.92 Å². The van der Waals surface area contributed by atoms with Crippen LogP contribution < -0.4 is 21.4 Å². The van der Waals surface area contributed by atoms with Gasteiger partial charge in [-0.3, -0.25) is 9.59 Å². The van der Waals surface area contributed by atoms with Crippen LogP contribution in [0.4, 0.5) is 4.79 Å². The number of carbonyl (C=O) groups excluding carboxylic acids is 3. The Morgan fingerprint density at radius 1 is 1.23 bits per heavy atom. The lowest BCUT2D eigenvalue weighted by Gasteiger charge is -2.32. The predicted octanol–water partition coefficient (Wildman–Crippen LogP) is -0.106. The second kappa shape index (κ2) is 8.18. The quantitative estimate of drug-likeness (QED) is 0.522. The van der Waals surface area contributed by atoms with Crippen LogP contribution in [0, 0.1) is 0 Å². The number of urea groups is 1. The number of nitrogens with one attached hydrogen (secondary N) is 3. The summed E-state index contributed by atoms with van der Waals surface area (Å²) in [7, 11) is 1.79. The monoisotopic (exact) mass is 418 g/mol. The van der Waals surface area contributed by atoms with E-state index >= 15 is 0 Å². The molecule has 2 aromatic rings. The maximum atomic E-state index is 12.9. The van der Waals surface area contributed by atoms with Crippen molar-refractivity contribution in [1.29, 1.82) is 0 Å². The van der Waals surface area contributed by atoms with E-state index < -0.39 is 6.04 Å². The molecule has 0 aromatic heterocycles. The van der Waals surface area contributed by atoms with Gasteiger partial charge in [-0.1, -0.05) is 36.4 Å². The summed E-state index contributed by atoms with van der Waals surface area (Å²) < 4.78 is 0. The van der Waals surface area contributed by atoms with Crippen molar-refractivity contribution in [2.45, 2.75) is 19.5 Å². The molecule has 4 amide bonds. The molecule has 0 aliphatic carbocycles. The minimum Gasteiger partial charge on any atom is -0.509 e. The van der Waals surface area contributed by atoms with Gasteiger partial charge in [0.2, 0.25) is 11.8 Å². The third kappa shape index (κ3) is 4.12. The first-order valence-corrected chi connectivity index (χ1v) is 10.0. The number of rotatable bonds is 3. The molecular formula is C22H23BN4O4. The van der Waals surface area contributed by atoms with Crippen molar-refractivity contribution < 1.29 is 19.5 Å². The highest BCUT2D eigenvalue weighted by Crippen LogP contribution is 2.35. The number of phenols is 1. The number of amides is 4. The first-order chi connectivity index (χ1) is 14.8. The third-order valence-corrected chi connectivity index (χ3v) is 5.59. The van der Waals surface area contributed by atoms with Gasteiger partial charge in [0, 0.05) is 31.1 Å². The summed E-state index contributed by atoms with van der Waals surface area (Å²) in [5.74, 6) is -0.305. The second-order valence-electron chi connectivity index (χ2n) is 7.79. The predicted molar refractivity (Wildman–Crippen MR) is 118 cm³/mol. The molecule has 2 aliphatic heterocycles. The van der Waals surface area contributed by atoms with E-state index in [-0.39, 0.29) is 36.7 Å². The van der Waals surface area contributed by atoms with Gasteiger partial charge >= 0.3 is 6.03 Å². The lowest BCUT2D eigenvalue weighted by atomic mass is 9.87. The second-order valence-corrected chi connectivity index (χ2v) is 7.79. The molecular weight excluding hydrogens is 395 g/mol. The molecule has 0 bridgehead atoms. The third-order valence-electron chi connectivity index (χ3n) is 5.59. The molecule has 8 nitrogen and oxygen atoms in total. The maximum Gasteiger partial charge on any atom is 0.320 e. The van der Waals surface area contributed by atoms with E-state index in [2.05, 4.69) is 16.0 Å². The van der Waals surface area contributed by atoms with Crippen LogP contribution in [0.15, 0.2) is 48.0 Å². The zero-order chi connectivity index (χ0) is 22.1. The van der Waals surface area contributed by atoms with Crippen LogP contribution in [0.25, 0.3) is 5.70 Å². The molecule has 2 aliphatic rings. The Kier molecular flexibility index (Phi) is 5.41. The van der Waals surface area contributed by atoms with Crippen LogP contribution in [0.2, 0.25) is 0 Å². The Hall–Kier alpha value is -3.75. The van der Waals surface area contributed by atoms with Crippen molar-refractivity contribution in [3.63, 3.8) is 0 Å². The zero-order valence-electron chi connectivity index (χ0n) is 17.4. The van der Waals surface area contributed by atoms with Gasteiger partial charge in [-0.05, 0) is 22.7 Å². The number of carbonyl (C=O) groups is 3. The van der Waals surface area contributed by atoms with Gasteiger partial charge in [-0.25, -0.2) is 4.79 Å². The van der Waals surface area contributed by atoms with E-state index in [1.807, 2.05) is 30.3 Å². The summed E-state index contributed by atoms with van der Waals surface area (Å²) in [6.45, 7) is 1.91. The summed E-state index contributed by atoms with van der Waals surface area (Å²) in [5.41, 5.74) is 4.80. The highest BCUT2D eigenvalue weighted by atomic mass is 16.3. The Balaban J connectivity index is 1.80. The number of hydrogen-bond donors (Lipinski definition) is 4. The van der Waals surface area contributed by atoms with Gasteiger partial charge in [0.25, 0.3) is 0 Å². The van der Waals surface area contributed by atoms with Crippen LogP contribution in [-0.4, -0.2) is 48.8 Å². The molecule has 0 saturated heterocycles. The molecule has 0 spiro atoms. The molecule has 4 N–H and O–H groups in total. The minimum atomic E-state index is -0.467. The van der Waals surface area contributed by atoms with Gasteiger partial charge in [0.05, 0.1) is 18.3 Å². The summed E-state index contributed by atoms with van der Waals surface area (Å²) in [6.07, 6.45) is 0. The summed E-state index contributed by atoms with van der Waals surface area (Å²) >= 11 is 0. The molecule has 158 valence electrons. The average molecular weight is 418 g/mol. The fourth-order valence-electron chi connectivity index (χ4n) is 4.00. The summed E-state index contributed by atoms with van der Waals surface area (Å²) in [5, 5.41) is 18.4. The zero-order valence-corrected chi connectivity index (χ0v) is 17.4. The Bertz CT molecular complexity index is 1110. The van der Waals surface area contributed by atoms with Gasteiger partial charge in [-0.2, -0.15) is 0 Å². The lowest BCUT2D eigenvalue weighted by molar-refractivity contribution is -0.132. The summed E-state index contributed by atoms with van der Waals surface area (Å²) in [4.78, 5) is 38.4. The number of phenolic OH excluding ortho intramolecular Hbond substituents is 1. The first-order valence-electron chi connectivity index (χ1n) is 10.0. The number of benzene rings is 2. The fourth-order valence-corrected chi connectivity index (χ4v) is 4.00. The first kappa shape index (κ1) is 20.5. The highest BCUT2D eigenvalue weighted by molar-refractivity contribution is 6.34. The SMILES string of the molecule is Bc1cc(C2NC(=O)NC3=C2CN(C(=O)CNC(C)=O)Cc2ccccc23)ccc1O. The van der Waals surface area contributed by atoms with E-state index in [1.54, 1.807) is 24.9 Å². The Morgan fingerprint density at radius 2 is 2.00 bits per heavy atom. The number of hydrogen-bond acceptors (Lipinski definition) is 4. The van der Waals surface area contributed by atoms with Crippen LogP contribution in [0.5, 0.6) is 5.75 Å². The normalized spacial score (nSPS) is 17.6. The smallest absolute Gasteiger partial charge is 0.320 e. The molecule has 0 radical (unpaired) electrons. The van der Waals surface area contributed by atoms with Crippen molar-refractivity contribution in [3.05, 3.63) is 64.7 Å².